The molecule has 1 saturated carbocycles. The van der Waals surface area contributed by atoms with Gasteiger partial charge < -0.3 is 19.6 Å². The zero-order chi connectivity index (χ0) is 21.1. The Hall–Kier alpha value is -1.99. The van der Waals surface area contributed by atoms with Gasteiger partial charge in [0, 0.05) is 58.1 Å². The maximum Gasteiger partial charge on any atom is 0.317 e. The number of carbonyl (C=O) groups excluding carboxylic acids is 1. The first-order valence-electron chi connectivity index (χ1n) is 11.0. The van der Waals surface area contributed by atoms with E-state index >= 15 is 0 Å². The molecule has 0 radical (unpaired) electrons. The lowest BCUT2D eigenvalue weighted by Gasteiger charge is -2.37. The predicted octanol–water partition coefficient (Wildman–Crippen LogP) is 3.82. The van der Waals surface area contributed by atoms with Crippen molar-refractivity contribution in [2.75, 3.05) is 51.7 Å². The highest BCUT2D eigenvalue weighted by molar-refractivity contribution is 6.34. The number of rotatable bonds is 5. The van der Waals surface area contributed by atoms with Gasteiger partial charge in [-0.3, -0.25) is 4.90 Å². The van der Waals surface area contributed by atoms with Crippen LogP contribution in [0.4, 0.5) is 10.5 Å². The lowest BCUT2D eigenvalue weighted by molar-refractivity contribution is 0.194. The highest BCUT2D eigenvalue weighted by atomic mass is 35.5. The second kappa shape index (κ2) is 9.43. The zero-order valence-electron chi connectivity index (χ0n) is 17.9. The molecular formula is C22H32ClN5O2. The van der Waals surface area contributed by atoms with Crippen molar-refractivity contribution in [1.29, 1.82) is 0 Å². The lowest BCUT2D eigenvalue weighted by atomic mass is 9.84. The molecule has 0 bridgehead atoms. The Balaban J connectivity index is 1.18. The number of hydrogen-bond donors (Lipinski definition) is 1. The molecule has 1 aliphatic heterocycles. The van der Waals surface area contributed by atoms with E-state index in [2.05, 4.69) is 26.3 Å². The molecule has 0 unspecified atom stereocenters. The average Bonchev–Trinajstić information content (AvgIpc) is 3.13. The van der Waals surface area contributed by atoms with Crippen LogP contribution in [0.2, 0.25) is 5.15 Å². The number of urea groups is 1. The maximum atomic E-state index is 11.8. The average molecular weight is 434 g/mol. The lowest BCUT2D eigenvalue weighted by Crippen LogP contribution is -2.47. The van der Waals surface area contributed by atoms with Gasteiger partial charge in [-0.05, 0) is 56.7 Å². The zero-order valence-corrected chi connectivity index (χ0v) is 18.7. The molecule has 164 valence electrons. The van der Waals surface area contributed by atoms with Gasteiger partial charge in [0.2, 0.25) is 0 Å². The number of anilines is 1. The van der Waals surface area contributed by atoms with Crippen LogP contribution >= 0.6 is 11.6 Å². The summed E-state index contributed by atoms with van der Waals surface area (Å²) in [5.74, 6) is 0.786. The van der Waals surface area contributed by atoms with E-state index in [1.54, 1.807) is 19.0 Å². The van der Waals surface area contributed by atoms with Crippen molar-refractivity contribution in [1.82, 2.24) is 20.3 Å². The number of hydrogen-bond acceptors (Lipinski definition) is 5. The molecule has 2 heterocycles. The topological polar surface area (TPSA) is 64.9 Å². The van der Waals surface area contributed by atoms with Crippen molar-refractivity contribution in [2.24, 2.45) is 5.92 Å². The van der Waals surface area contributed by atoms with Gasteiger partial charge >= 0.3 is 6.03 Å². The molecule has 4 rings (SSSR count). The van der Waals surface area contributed by atoms with Gasteiger partial charge in [0.25, 0.3) is 0 Å². The summed E-state index contributed by atoms with van der Waals surface area (Å²) in [7, 11) is 3.59. The second-order valence-electron chi connectivity index (χ2n) is 8.83. The highest BCUT2D eigenvalue weighted by Gasteiger charge is 2.24. The van der Waals surface area contributed by atoms with Crippen molar-refractivity contribution in [3.05, 3.63) is 23.4 Å². The van der Waals surface area contributed by atoms with Gasteiger partial charge in [-0.1, -0.05) is 16.8 Å². The number of fused-ring (bicyclic) bond motifs is 1. The smallest absolute Gasteiger partial charge is 0.317 e. The number of aromatic nitrogens is 1. The maximum absolute atomic E-state index is 11.8. The summed E-state index contributed by atoms with van der Waals surface area (Å²) in [5, 5.41) is 8.26. The van der Waals surface area contributed by atoms with E-state index in [1.807, 2.05) is 12.1 Å². The minimum atomic E-state index is 0.0295. The fourth-order valence-electron chi connectivity index (χ4n) is 4.59. The van der Waals surface area contributed by atoms with E-state index in [-0.39, 0.29) is 6.03 Å². The van der Waals surface area contributed by atoms with E-state index in [0.717, 1.165) is 55.9 Å². The summed E-state index contributed by atoms with van der Waals surface area (Å²) < 4.78 is 5.30. The van der Waals surface area contributed by atoms with E-state index in [1.165, 1.54) is 31.5 Å². The summed E-state index contributed by atoms with van der Waals surface area (Å²) in [4.78, 5) is 18.4. The molecule has 1 aromatic heterocycles. The normalized spacial score (nSPS) is 23.0. The van der Waals surface area contributed by atoms with E-state index in [0.29, 0.717) is 11.2 Å². The monoisotopic (exact) mass is 433 g/mol. The van der Waals surface area contributed by atoms with Gasteiger partial charge in [-0.25, -0.2) is 4.79 Å². The molecule has 1 aliphatic carbocycles. The number of piperazine rings is 1. The number of carbonyl (C=O) groups is 1. The van der Waals surface area contributed by atoms with Crippen molar-refractivity contribution in [3.63, 3.8) is 0 Å². The third-order valence-electron chi connectivity index (χ3n) is 6.58. The van der Waals surface area contributed by atoms with Gasteiger partial charge in [0.1, 0.15) is 0 Å². The van der Waals surface area contributed by atoms with Crippen LogP contribution in [-0.4, -0.2) is 73.8 Å². The first-order valence-corrected chi connectivity index (χ1v) is 11.4. The molecule has 0 atom stereocenters. The molecule has 2 amide bonds. The molecule has 1 saturated heterocycles. The SMILES string of the molecule is CN(C)C(=O)NC1CCC(CCN2CCN(c3ccc4c(Cl)noc4c3)CC2)CC1. The van der Waals surface area contributed by atoms with Crippen LogP contribution in [0, 0.1) is 5.92 Å². The van der Waals surface area contributed by atoms with E-state index in [4.69, 9.17) is 16.1 Å². The quantitative estimate of drug-likeness (QED) is 0.776. The molecule has 7 nitrogen and oxygen atoms in total. The van der Waals surface area contributed by atoms with Crippen LogP contribution in [0.3, 0.4) is 0 Å². The predicted molar refractivity (Wildman–Crippen MR) is 120 cm³/mol. The molecule has 2 aliphatic rings. The van der Waals surface area contributed by atoms with Crippen molar-refractivity contribution in [3.8, 4) is 0 Å². The Morgan fingerprint density at radius 1 is 1.20 bits per heavy atom. The molecule has 1 N–H and O–H groups in total. The standard InChI is InChI=1S/C22H32ClN5O2/c1-26(2)22(29)24-17-5-3-16(4-6-17)9-10-27-11-13-28(14-12-27)18-7-8-19-20(15-18)30-25-21(19)23/h7-8,15-17H,3-6,9-14H2,1-2H3,(H,24,29). The Morgan fingerprint density at radius 3 is 2.63 bits per heavy atom. The number of benzene rings is 1. The molecule has 30 heavy (non-hydrogen) atoms. The van der Waals surface area contributed by atoms with Crippen LogP contribution in [0.25, 0.3) is 11.0 Å². The van der Waals surface area contributed by atoms with E-state index in [9.17, 15) is 4.79 Å². The number of halogens is 1. The second-order valence-corrected chi connectivity index (χ2v) is 9.19. The van der Waals surface area contributed by atoms with Crippen molar-refractivity contribution < 1.29 is 9.32 Å². The first-order chi connectivity index (χ1) is 14.5. The van der Waals surface area contributed by atoms with Gasteiger partial charge in [0.05, 0.1) is 5.39 Å². The summed E-state index contributed by atoms with van der Waals surface area (Å²) in [6, 6.07) is 6.51. The summed E-state index contributed by atoms with van der Waals surface area (Å²) in [6.45, 7) is 5.39. The molecule has 0 spiro atoms. The van der Waals surface area contributed by atoms with Crippen molar-refractivity contribution in [2.45, 2.75) is 38.1 Å². The number of amides is 2. The molecule has 2 aromatic rings. The largest absolute Gasteiger partial charge is 0.369 e. The Bertz CT molecular complexity index is 854. The fraction of sp³-hybridized carbons (Fsp3) is 0.636. The van der Waals surface area contributed by atoms with Crippen LogP contribution in [0.1, 0.15) is 32.1 Å². The summed E-state index contributed by atoms with van der Waals surface area (Å²) in [6.07, 6.45) is 5.91. The Kier molecular flexibility index (Phi) is 6.68. The van der Waals surface area contributed by atoms with Crippen LogP contribution in [0.15, 0.2) is 22.7 Å². The van der Waals surface area contributed by atoms with Crippen LogP contribution in [-0.2, 0) is 0 Å². The third kappa shape index (κ3) is 5.01. The van der Waals surface area contributed by atoms with Gasteiger partial charge in [-0.15, -0.1) is 0 Å². The summed E-state index contributed by atoms with van der Waals surface area (Å²) >= 11 is 6.03. The van der Waals surface area contributed by atoms with Gasteiger partial charge in [0.15, 0.2) is 10.7 Å². The molecular weight excluding hydrogens is 402 g/mol. The van der Waals surface area contributed by atoms with Crippen LogP contribution in [0.5, 0.6) is 0 Å². The summed E-state index contributed by atoms with van der Waals surface area (Å²) in [5.41, 5.74) is 1.92. The molecule has 1 aromatic carbocycles. The Labute approximate surface area is 183 Å². The van der Waals surface area contributed by atoms with E-state index < -0.39 is 0 Å². The fourth-order valence-corrected chi connectivity index (χ4v) is 4.78. The van der Waals surface area contributed by atoms with Crippen LogP contribution < -0.4 is 10.2 Å². The molecule has 2 fully saturated rings. The third-order valence-corrected chi connectivity index (χ3v) is 6.86. The minimum Gasteiger partial charge on any atom is -0.369 e. The highest BCUT2D eigenvalue weighted by Crippen LogP contribution is 2.29. The first kappa shape index (κ1) is 21.2. The van der Waals surface area contributed by atoms with Crippen molar-refractivity contribution >= 4 is 34.3 Å². The van der Waals surface area contributed by atoms with Gasteiger partial charge in [-0.2, -0.15) is 0 Å². The number of nitrogens with one attached hydrogen (secondary N) is 1. The minimum absolute atomic E-state index is 0.0295. The Morgan fingerprint density at radius 2 is 1.93 bits per heavy atom. The number of nitrogens with zero attached hydrogens (tertiary/aromatic N) is 4. The molecule has 8 heteroatoms.